The average Bonchev–Trinajstić information content (AvgIpc) is 2.84. The first-order valence-corrected chi connectivity index (χ1v) is 5.79. The van der Waals surface area contributed by atoms with Gasteiger partial charge in [-0.25, -0.2) is 0 Å². The molecule has 84 valence electrons. The average molecular weight is 208 g/mol. The summed E-state index contributed by atoms with van der Waals surface area (Å²) in [6.07, 6.45) is 5.83. The maximum atomic E-state index is 5.51. The van der Waals surface area contributed by atoms with E-state index in [2.05, 4.69) is 42.2 Å². The van der Waals surface area contributed by atoms with Gasteiger partial charge in [-0.05, 0) is 31.9 Å². The van der Waals surface area contributed by atoms with Gasteiger partial charge in [0.05, 0.1) is 6.10 Å². The van der Waals surface area contributed by atoms with Crippen molar-refractivity contribution in [1.29, 1.82) is 0 Å². The van der Waals surface area contributed by atoms with Gasteiger partial charge in [0.25, 0.3) is 0 Å². The lowest BCUT2D eigenvalue weighted by molar-refractivity contribution is 0.113. The van der Waals surface area contributed by atoms with Crippen LogP contribution in [0.2, 0.25) is 0 Å². The van der Waals surface area contributed by atoms with Crippen molar-refractivity contribution in [3.8, 4) is 0 Å². The molecule has 1 aliphatic rings. The predicted octanol–water partition coefficient (Wildman–Crippen LogP) is 1.77. The van der Waals surface area contributed by atoms with Crippen LogP contribution >= 0.6 is 0 Å². The quantitative estimate of drug-likeness (QED) is 0.816. The topological polar surface area (TPSA) is 26.2 Å². The minimum Gasteiger partial charge on any atom is -0.377 e. The number of hydrogen-bond donors (Lipinski definition) is 1. The van der Waals surface area contributed by atoms with Crippen molar-refractivity contribution in [2.24, 2.45) is 0 Å². The normalized spacial score (nSPS) is 26.0. The van der Waals surface area contributed by atoms with Gasteiger partial charge in [-0.2, -0.15) is 0 Å². The lowest BCUT2D eigenvalue weighted by Crippen LogP contribution is -2.34. The van der Waals surface area contributed by atoms with Crippen molar-refractivity contribution in [1.82, 2.24) is 9.88 Å². The molecule has 1 fully saturated rings. The Morgan fingerprint density at radius 1 is 1.60 bits per heavy atom. The van der Waals surface area contributed by atoms with E-state index in [0.29, 0.717) is 12.1 Å². The molecule has 15 heavy (non-hydrogen) atoms. The van der Waals surface area contributed by atoms with Crippen molar-refractivity contribution in [3.63, 3.8) is 0 Å². The van der Waals surface area contributed by atoms with Gasteiger partial charge in [0.2, 0.25) is 0 Å². The molecule has 0 amide bonds. The van der Waals surface area contributed by atoms with Crippen LogP contribution in [0.3, 0.4) is 0 Å². The molecule has 1 N–H and O–H groups in total. The van der Waals surface area contributed by atoms with E-state index in [1.807, 2.05) is 0 Å². The molecular formula is C12H20N2O. The van der Waals surface area contributed by atoms with E-state index in [-0.39, 0.29) is 0 Å². The summed E-state index contributed by atoms with van der Waals surface area (Å²) >= 11 is 0. The second-order valence-corrected chi connectivity index (χ2v) is 4.20. The molecule has 1 saturated heterocycles. The Kier molecular flexibility index (Phi) is 3.44. The molecule has 0 spiro atoms. The molecule has 3 heteroatoms. The zero-order valence-corrected chi connectivity index (χ0v) is 9.57. The van der Waals surface area contributed by atoms with E-state index in [4.69, 9.17) is 4.74 Å². The number of aromatic nitrogens is 1. The molecule has 1 aliphatic heterocycles. The first kappa shape index (κ1) is 10.7. The molecule has 2 heterocycles. The molecule has 0 radical (unpaired) electrons. The number of hydrogen-bond acceptors (Lipinski definition) is 2. The van der Waals surface area contributed by atoms with E-state index in [9.17, 15) is 0 Å². The van der Waals surface area contributed by atoms with Crippen LogP contribution < -0.4 is 5.32 Å². The summed E-state index contributed by atoms with van der Waals surface area (Å²) in [6.45, 7) is 7.19. The van der Waals surface area contributed by atoms with Crippen LogP contribution in [-0.4, -0.2) is 23.3 Å². The molecule has 3 nitrogen and oxygen atoms in total. The minimum absolute atomic E-state index is 0.360. The highest BCUT2D eigenvalue weighted by molar-refractivity contribution is 5.10. The number of ether oxygens (including phenoxy) is 1. The highest BCUT2D eigenvalue weighted by Gasteiger charge is 2.23. The van der Waals surface area contributed by atoms with Crippen LogP contribution in [0.15, 0.2) is 18.5 Å². The van der Waals surface area contributed by atoms with Crippen LogP contribution in [0, 0.1) is 0 Å². The summed E-state index contributed by atoms with van der Waals surface area (Å²) in [4.78, 5) is 0. The minimum atomic E-state index is 0.360. The van der Waals surface area contributed by atoms with E-state index in [0.717, 1.165) is 26.1 Å². The van der Waals surface area contributed by atoms with Crippen molar-refractivity contribution in [3.05, 3.63) is 24.0 Å². The fraction of sp³-hybridized carbons (Fsp3) is 0.667. The van der Waals surface area contributed by atoms with Gasteiger partial charge in [-0.1, -0.05) is 0 Å². The monoisotopic (exact) mass is 208 g/mol. The van der Waals surface area contributed by atoms with Crippen LogP contribution in [0.25, 0.3) is 0 Å². The third-order valence-electron chi connectivity index (χ3n) is 3.12. The van der Waals surface area contributed by atoms with Gasteiger partial charge in [0.1, 0.15) is 0 Å². The molecule has 1 aromatic rings. The summed E-state index contributed by atoms with van der Waals surface area (Å²) in [5.74, 6) is 0. The lowest BCUT2D eigenvalue weighted by Gasteiger charge is -2.15. The second-order valence-electron chi connectivity index (χ2n) is 4.20. The van der Waals surface area contributed by atoms with Crippen molar-refractivity contribution in [2.45, 2.75) is 45.5 Å². The van der Waals surface area contributed by atoms with Gasteiger partial charge in [0.15, 0.2) is 0 Å². The zero-order valence-electron chi connectivity index (χ0n) is 9.57. The summed E-state index contributed by atoms with van der Waals surface area (Å²) in [5, 5.41) is 3.55. The molecule has 2 unspecified atom stereocenters. The zero-order chi connectivity index (χ0) is 10.7. The third-order valence-corrected chi connectivity index (χ3v) is 3.12. The van der Waals surface area contributed by atoms with Crippen molar-refractivity contribution < 1.29 is 4.74 Å². The molecule has 0 aliphatic carbocycles. The molecule has 1 aromatic heterocycles. The Morgan fingerprint density at radius 2 is 2.47 bits per heavy atom. The van der Waals surface area contributed by atoms with E-state index in [1.165, 1.54) is 5.56 Å². The summed E-state index contributed by atoms with van der Waals surface area (Å²) in [6, 6.07) is 2.70. The molecule has 0 aromatic carbocycles. The molecule has 2 atom stereocenters. The smallest absolute Gasteiger partial charge is 0.0700 e. The Morgan fingerprint density at radius 3 is 3.07 bits per heavy atom. The van der Waals surface area contributed by atoms with Crippen LogP contribution in [-0.2, 0) is 17.8 Å². The Balaban J connectivity index is 1.82. The Labute approximate surface area is 91.4 Å². The number of nitrogens with one attached hydrogen (secondary N) is 1. The standard InChI is InChI=1S/C12H20N2O/c1-3-14-6-4-11(9-14)8-13-12-5-7-15-10(12)2/h4,6,9-10,12-13H,3,5,7-8H2,1-2H3. The lowest BCUT2D eigenvalue weighted by atomic mass is 10.1. The SMILES string of the molecule is CCn1ccc(CNC2CCOC2C)c1. The fourth-order valence-electron chi connectivity index (χ4n) is 2.04. The van der Waals surface area contributed by atoms with E-state index >= 15 is 0 Å². The van der Waals surface area contributed by atoms with Crippen LogP contribution in [0.4, 0.5) is 0 Å². The van der Waals surface area contributed by atoms with Crippen LogP contribution in [0.5, 0.6) is 0 Å². The number of rotatable bonds is 4. The number of nitrogens with zero attached hydrogens (tertiary/aromatic N) is 1. The molecule has 2 rings (SSSR count). The van der Waals surface area contributed by atoms with Gasteiger partial charge in [-0.3, -0.25) is 0 Å². The summed E-state index contributed by atoms with van der Waals surface area (Å²) in [7, 11) is 0. The molecule has 0 saturated carbocycles. The van der Waals surface area contributed by atoms with E-state index in [1.54, 1.807) is 0 Å². The van der Waals surface area contributed by atoms with E-state index < -0.39 is 0 Å². The fourth-order valence-corrected chi connectivity index (χ4v) is 2.04. The molecular weight excluding hydrogens is 188 g/mol. The predicted molar refractivity (Wildman–Crippen MR) is 60.8 cm³/mol. The number of aryl methyl sites for hydroxylation is 1. The first-order chi connectivity index (χ1) is 7.29. The maximum absolute atomic E-state index is 5.51. The largest absolute Gasteiger partial charge is 0.377 e. The van der Waals surface area contributed by atoms with Gasteiger partial charge in [0, 0.05) is 38.1 Å². The van der Waals surface area contributed by atoms with Gasteiger partial charge < -0.3 is 14.6 Å². The third kappa shape index (κ3) is 2.61. The first-order valence-electron chi connectivity index (χ1n) is 5.79. The maximum Gasteiger partial charge on any atom is 0.0700 e. The van der Waals surface area contributed by atoms with Crippen molar-refractivity contribution >= 4 is 0 Å². The highest BCUT2D eigenvalue weighted by atomic mass is 16.5. The Hall–Kier alpha value is -0.800. The van der Waals surface area contributed by atoms with Gasteiger partial charge in [-0.15, -0.1) is 0 Å². The van der Waals surface area contributed by atoms with Crippen LogP contribution in [0.1, 0.15) is 25.8 Å². The Bertz CT molecular complexity index is 308. The molecule has 0 bridgehead atoms. The highest BCUT2D eigenvalue weighted by Crippen LogP contribution is 2.13. The van der Waals surface area contributed by atoms with Gasteiger partial charge >= 0.3 is 0 Å². The summed E-state index contributed by atoms with van der Waals surface area (Å²) in [5.41, 5.74) is 1.36. The summed E-state index contributed by atoms with van der Waals surface area (Å²) < 4.78 is 7.71. The second kappa shape index (κ2) is 4.81. The van der Waals surface area contributed by atoms with Crippen molar-refractivity contribution in [2.75, 3.05) is 6.61 Å².